The Bertz CT molecular complexity index is 915. The van der Waals surface area contributed by atoms with E-state index < -0.39 is 0 Å². The van der Waals surface area contributed by atoms with Crippen LogP contribution in [0.3, 0.4) is 0 Å². The van der Waals surface area contributed by atoms with E-state index in [2.05, 4.69) is 26.2 Å². The number of hydrogen-bond donors (Lipinski definition) is 1. The first-order chi connectivity index (χ1) is 12.5. The van der Waals surface area contributed by atoms with Crippen molar-refractivity contribution < 1.29 is 13.9 Å². The Morgan fingerprint density at radius 1 is 1.19 bits per heavy atom. The molecule has 0 unspecified atom stereocenters. The van der Waals surface area contributed by atoms with Crippen LogP contribution in [0.1, 0.15) is 21.6 Å². The monoisotopic (exact) mass is 414 g/mol. The summed E-state index contributed by atoms with van der Waals surface area (Å²) >= 11 is 3.12. The van der Waals surface area contributed by atoms with Crippen LogP contribution in [0.2, 0.25) is 0 Å². The van der Waals surface area contributed by atoms with Crippen molar-refractivity contribution in [3.05, 3.63) is 87.9 Å². The highest BCUT2D eigenvalue weighted by atomic mass is 79.9. The number of pyridine rings is 1. The number of nitrogens with zero attached hydrogens (tertiary/aromatic N) is 1. The zero-order valence-electron chi connectivity index (χ0n) is 14.0. The van der Waals surface area contributed by atoms with Gasteiger partial charge in [-0.3, -0.25) is 9.78 Å². The first kappa shape index (κ1) is 18.1. The third-order valence-electron chi connectivity index (χ3n) is 3.74. The number of carbonyl (C=O) groups is 1. The lowest BCUT2D eigenvalue weighted by molar-refractivity contribution is 0.102. The summed E-state index contributed by atoms with van der Waals surface area (Å²) in [6.07, 6.45) is 1.71. The zero-order valence-corrected chi connectivity index (χ0v) is 15.6. The molecule has 0 aliphatic carbocycles. The van der Waals surface area contributed by atoms with Gasteiger partial charge in [-0.1, -0.05) is 6.07 Å². The van der Waals surface area contributed by atoms with Gasteiger partial charge in [0.25, 0.3) is 5.91 Å². The molecule has 0 aliphatic heterocycles. The summed E-state index contributed by atoms with van der Waals surface area (Å²) in [4.78, 5) is 16.6. The molecule has 4 nitrogen and oxygen atoms in total. The van der Waals surface area contributed by atoms with Gasteiger partial charge in [-0.25, -0.2) is 4.39 Å². The van der Waals surface area contributed by atoms with Crippen LogP contribution in [0.5, 0.6) is 5.75 Å². The summed E-state index contributed by atoms with van der Waals surface area (Å²) in [5, 5.41) is 2.79. The van der Waals surface area contributed by atoms with E-state index in [0.717, 1.165) is 5.69 Å². The molecule has 0 fully saturated rings. The second kappa shape index (κ2) is 8.10. The first-order valence-corrected chi connectivity index (χ1v) is 8.72. The van der Waals surface area contributed by atoms with Crippen molar-refractivity contribution in [1.29, 1.82) is 0 Å². The maximum Gasteiger partial charge on any atom is 0.255 e. The topological polar surface area (TPSA) is 51.2 Å². The molecule has 0 spiro atoms. The highest BCUT2D eigenvalue weighted by Crippen LogP contribution is 2.25. The van der Waals surface area contributed by atoms with E-state index in [1.807, 2.05) is 18.2 Å². The van der Waals surface area contributed by atoms with Gasteiger partial charge in [0.05, 0.1) is 10.2 Å². The minimum absolute atomic E-state index is 0.275. The van der Waals surface area contributed by atoms with Crippen molar-refractivity contribution in [1.82, 2.24) is 4.98 Å². The molecule has 2 aromatic carbocycles. The van der Waals surface area contributed by atoms with Gasteiger partial charge in [0.15, 0.2) is 0 Å². The maximum absolute atomic E-state index is 13.5. The minimum atomic E-state index is -0.366. The summed E-state index contributed by atoms with van der Waals surface area (Å²) in [6, 6.07) is 15.4. The fourth-order valence-corrected chi connectivity index (χ4v) is 2.66. The van der Waals surface area contributed by atoms with Gasteiger partial charge in [-0.05, 0) is 76.9 Å². The number of anilines is 1. The van der Waals surface area contributed by atoms with Crippen LogP contribution in [0.25, 0.3) is 0 Å². The van der Waals surface area contributed by atoms with Crippen LogP contribution >= 0.6 is 15.9 Å². The molecule has 26 heavy (non-hydrogen) atoms. The Balaban J connectivity index is 1.64. The third-order valence-corrected chi connectivity index (χ3v) is 4.35. The smallest absolute Gasteiger partial charge is 0.255 e. The molecule has 0 saturated carbocycles. The summed E-state index contributed by atoms with van der Waals surface area (Å²) in [5.41, 5.74) is 2.51. The Hall–Kier alpha value is -2.73. The van der Waals surface area contributed by atoms with Crippen LogP contribution in [0.15, 0.2) is 65.3 Å². The molecule has 1 N–H and O–H groups in total. The molecule has 0 radical (unpaired) electrons. The molecule has 1 aromatic heterocycles. The lowest BCUT2D eigenvalue weighted by atomic mass is 10.1. The number of ether oxygens (including phenoxy) is 1. The summed E-state index contributed by atoms with van der Waals surface area (Å²) in [6.45, 7) is 2.09. The number of halogens is 2. The number of nitrogens with one attached hydrogen (secondary N) is 1. The van der Waals surface area contributed by atoms with Crippen LogP contribution in [-0.2, 0) is 6.61 Å². The zero-order chi connectivity index (χ0) is 18.5. The Labute approximate surface area is 159 Å². The normalized spacial score (nSPS) is 10.4. The van der Waals surface area contributed by atoms with Gasteiger partial charge in [-0.15, -0.1) is 0 Å². The Kier molecular flexibility index (Phi) is 5.63. The van der Waals surface area contributed by atoms with Crippen molar-refractivity contribution in [3.8, 4) is 5.75 Å². The SMILES string of the molecule is Cc1cc(F)c(Br)cc1NC(=O)c1ccc(OCc2ccccn2)cc1. The number of aromatic nitrogens is 1. The minimum Gasteiger partial charge on any atom is -0.487 e. The fraction of sp³-hybridized carbons (Fsp3) is 0.100. The molecule has 6 heteroatoms. The van der Waals surface area contributed by atoms with Crippen LogP contribution in [0, 0.1) is 12.7 Å². The molecule has 1 amide bonds. The van der Waals surface area contributed by atoms with Crippen molar-refractivity contribution in [2.45, 2.75) is 13.5 Å². The van der Waals surface area contributed by atoms with Crippen molar-refractivity contribution >= 4 is 27.5 Å². The van der Waals surface area contributed by atoms with Crippen LogP contribution in [0.4, 0.5) is 10.1 Å². The molecule has 3 aromatic rings. The van der Waals surface area contributed by atoms with Gasteiger partial charge in [0.1, 0.15) is 18.2 Å². The van der Waals surface area contributed by atoms with Crippen molar-refractivity contribution in [2.75, 3.05) is 5.32 Å². The number of aryl methyl sites for hydroxylation is 1. The number of hydrogen-bond acceptors (Lipinski definition) is 3. The lowest BCUT2D eigenvalue weighted by Gasteiger charge is -2.10. The number of carbonyl (C=O) groups excluding carboxylic acids is 1. The van der Waals surface area contributed by atoms with Gasteiger partial charge in [-0.2, -0.15) is 0 Å². The van der Waals surface area contributed by atoms with E-state index >= 15 is 0 Å². The van der Waals surface area contributed by atoms with E-state index in [1.54, 1.807) is 43.5 Å². The van der Waals surface area contributed by atoms with Crippen molar-refractivity contribution in [2.24, 2.45) is 0 Å². The van der Waals surface area contributed by atoms with Gasteiger partial charge in [0, 0.05) is 17.4 Å². The number of amides is 1. The van der Waals surface area contributed by atoms with Crippen molar-refractivity contribution in [3.63, 3.8) is 0 Å². The standard InChI is InChI=1S/C20H16BrFN2O2/c1-13-10-18(22)17(21)11-19(13)24-20(25)14-5-7-16(8-6-14)26-12-15-4-2-3-9-23-15/h2-11H,12H2,1H3,(H,24,25). The molecule has 0 bridgehead atoms. The summed E-state index contributed by atoms with van der Waals surface area (Å²) < 4.78 is 19.4. The average Bonchev–Trinajstić information content (AvgIpc) is 2.65. The second-order valence-corrected chi connectivity index (χ2v) is 6.52. The van der Waals surface area contributed by atoms with Gasteiger partial charge >= 0.3 is 0 Å². The van der Waals surface area contributed by atoms with Crippen LogP contribution < -0.4 is 10.1 Å². The molecule has 0 saturated heterocycles. The Morgan fingerprint density at radius 2 is 1.96 bits per heavy atom. The number of benzene rings is 2. The number of rotatable bonds is 5. The molecular formula is C20H16BrFN2O2. The maximum atomic E-state index is 13.5. The van der Waals surface area contributed by atoms with E-state index in [9.17, 15) is 9.18 Å². The molecular weight excluding hydrogens is 399 g/mol. The quantitative estimate of drug-likeness (QED) is 0.629. The molecule has 132 valence electrons. The molecule has 0 atom stereocenters. The lowest BCUT2D eigenvalue weighted by Crippen LogP contribution is -2.13. The molecule has 1 heterocycles. The molecule has 0 aliphatic rings. The van der Waals surface area contributed by atoms with Gasteiger partial charge < -0.3 is 10.1 Å². The predicted octanol–water partition coefficient (Wildman–Crippen LogP) is 5.12. The highest BCUT2D eigenvalue weighted by Gasteiger charge is 2.10. The van der Waals surface area contributed by atoms with E-state index in [1.165, 1.54) is 6.07 Å². The predicted molar refractivity (Wildman–Crippen MR) is 102 cm³/mol. The van der Waals surface area contributed by atoms with E-state index in [4.69, 9.17) is 4.74 Å². The Morgan fingerprint density at radius 3 is 2.65 bits per heavy atom. The highest BCUT2D eigenvalue weighted by molar-refractivity contribution is 9.10. The fourth-order valence-electron chi connectivity index (χ4n) is 2.32. The van der Waals surface area contributed by atoms with Gasteiger partial charge in [0.2, 0.25) is 0 Å². The second-order valence-electron chi connectivity index (χ2n) is 5.67. The van der Waals surface area contributed by atoms with E-state index in [-0.39, 0.29) is 11.7 Å². The average molecular weight is 415 g/mol. The summed E-state index contributed by atoms with van der Waals surface area (Å²) in [5.74, 6) is 0.00528. The molecule has 3 rings (SSSR count). The summed E-state index contributed by atoms with van der Waals surface area (Å²) in [7, 11) is 0. The third kappa shape index (κ3) is 4.46. The van der Waals surface area contributed by atoms with Crippen LogP contribution in [-0.4, -0.2) is 10.9 Å². The largest absolute Gasteiger partial charge is 0.487 e. The first-order valence-electron chi connectivity index (χ1n) is 7.92. The van der Waals surface area contributed by atoms with E-state index in [0.29, 0.717) is 33.6 Å².